The molecule has 2 aromatic rings. The molecule has 2 N–H and O–H groups in total. The molecule has 0 radical (unpaired) electrons. The van der Waals surface area contributed by atoms with Gasteiger partial charge in [-0.15, -0.1) is 0 Å². The highest BCUT2D eigenvalue weighted by Crippen LogP contribution is 2.35. The maximum atomic E-state index is 13.6. The molecule has 37 heavy (non-hydrogen) atoms. The summed E-state index contributed by atoms with van der Waals surface area (Å²) in [5.74, 6) is -0.0827. The van der Waals surface area contributed by atoms with Crippen LogP contribution in [0.4, 0.5) is 5.69 Å². The van der Waals surface area contributed by atoms with E-state index in [2.05, 4.69) is 40.5 Å². The van der Waals surface area contributed by atoms with Crippen LogP contribution in [-0.4, -0.2) is 41.2 Å². The minimum Gasteiger partial charge on any atom is -0.369 e. The summed E-state index contributed by atoms with van der Waals surface area (Å²) in [6.45, 7) is 13.4. The number of hydrogen-bond acceptors (Lipinski definition) is 4. The first-order valence-corrected chi connectivity index (χ1v) is 13.4. The molecule has 1 fully saturated rings. The zero-order chi connectivity index (χ0) is 27.1. The van der Waals surface area contributed by atoms with Gasteiger partial charge in [0.15, 0.2) is 0 Å². The fourth-order valence-corrected chi connectivity index (χ4v) is 5.32. The van der Waals surface area contributed by atoms with Crippen molar-refractivity contribution in [3.05, 3.63) is 58.1 Å². The van der Waals surface area contributed by atoms with Gasteiger partial charge in [0.2, 0.25) is 6.41 Å². The Bertz CT molecular complexity index is 1180. The van der Waals surface area contributed by atoms with Crippen LogP contribution in [0.3, 0.4) is 0 Å². The first kappa shape index (κ1) is 28.2. The topological polar surface area (TPSA) is 79.3 Å². The Morgan fingerprint density at radius 1 is 1.16 bits per heavy atom. The average Bonchev–Trinajstić information content (AvgIpc) is 3.22. The van der Waals surface area contributed by atoms with E-state index in [0.29, 0.717) is 24.6 Å². The number of nitrogens with one attached hydrogen (secondary N) is 2. The van der Waals surface area contributed by atoms with Crippen molar-refractivity contribution in [3.8, 4) is 11.1 Å². The minimum absolute atomic E-state index is 0.0827. The van der Waals surface area contributed by atoms with Crippen LogP contribution in [0, 0.1) is 13.8 Å². The van der Waals surface area contributed by atoms with Crippen LogP contribution in [-0.2, 0) is 11.8 Å². The number of carbonyl (C=O) groups excluding carboxylic acids is 2. The molecule has 7 nitrogen and oxygen atoms in total. The lowest BCUT2D eigenvalue weighted by molar-refractivity contribution is -0.108. The number of hydrogen-bond donors (Lipinski definition) is 2. The lowest BCUT2D eigenvalue weighted by Crippen LogP contribution is -2.37. The smallest absolute Gasteiger partial charge is 0.251 e. The summed E-state index contributed by atoms with van der Waals surface area (Å²) in [5, 5.41) is 10.3. The minimum atomic E-state index is -0.0827. The molecule has 0 aliphatic heterocycles. The van der Waals surface area contributed by atoms with Gasteiger partial charge in [-0.2, -0.15) is 5.10 Å². The zero-order valence-electron chi connectivity index (χ0n) is 23.6. The summed E-state index contributed by atoms with van der Waals surface area (Å²) < 4.78 is 1.83. The van der Waals surface area contributed by atoms with Crippen molar-refractivity contribution in [1.29, 1.82) is 0 Å². The fraction of sp³-hybridized carbons (Fsp3) is 0.500. The summed E-state index contributed by atoms with van der Waals surface area (Å²) in [6, 6.07) is 4.76. The Morgan fingerprint density at radius 2 is 1.86 bits per heavy atom. The molecule has 0 saturated heterocycles. The van der Waals surface area contributed by atoms with Crippen molar-refractivity contribution < 1.29 is 9.59 Å². The molecule has 0 spiro atoms. The number of allylic oxidation sites excluding steroid dienone is 3. The van der Waals surface area contributed by atoms with Crippen molar-refractivity contribution >= 4 is 18.0 Å². The number of nitrogens with zero attached hydrogens (tertiary/aromatic N) is 3. The summed E-state index contributed by atoms with van der Waals surface area (Å²) in [5.41, 5.74) is 8.69. The number of aryl methyl sites for hydroxylation is 2. The van der Waals surface area contributed by atoms with Crippen LogP contribution in [0.2, 0.25) is 0 Å². The van der Waals surface area contributed by atoms with Gasteiger partial charge in [-0.25, -0.2) is 0 Å². The average molecular weight is 506 g/mol. The SMILES string of the molecule is CCN(c1cc(-c2cn(C)nc2C)cc(C(=O)NC/C(C)=C(C)/C=C(/C)NC=O)c1C)C1CCCCC1. The number of rotatable bonds is 10. The molecule has 7 heteroatoms. The van der Waals surface area contributed by atoms with Crippen molar-refractivity contribution in [2.24, 2.45) is 7.05 Å². The van der Waals surface area contributed by atoms with Gasteiger partial charge < -0.3 is 15.5 Å². The molecular formula is C30H43N5O2. The molecule has 200 valence electrons. The number of amides is 2. The molecule has 1 aromatic heterocycles. The van der Waals surface area contributed by atoms with Crippen molar-refractivity contribution in [2.75, 3.05) is 18.0 Å². The Hall–Kier alpha value is -3.35. The standard InChI is InChI=1S/C30H43N5O2/c1-8-35(26-12-10-9-11-13-26)29-16-25(28-18-34(7)33-24(28)6)15-27(23(29)5)30(37)31-17-21(3)20(2)14-22(4)32-19-36/h14-16,18-19,26H,8-13,17H2,1-7H3,(H,31,37)(H,32,36)/b21-20+,22-14-. The van der Waals surface area contributed by atoms with Gasteiger partial charge in [-0.1, -0.05) is 24.8 Å². The predicted octanol–water partition coefficient (Wildman–Crippen LogP) is 5.58. The molecule has 1 aliphatic carbocycles. The first-order valence-electron chi connectivity index (χ1n) is 13.4. The lowest BCUT2D eigenvalue weighted by Gasteiger charge is -2.37. The molecule has 1 aliphatic rings. The summed E-state index contributed by atoms with van der Waals surface area (Å²) in [6.07, 6.45) is 10.8. The summed E-state index contributed by atoms with van der Waals surface area (Å²) >= 11 is 0. The maximum Gasteiger partial charge on any atom is 0.251 e. The third kappa shape index (κ3) is 6.90. The Kier molecular flexibility index (Phi) is 9.73. The molecule has 1 heterocycles. The number of carbonyl (C=O) groups is 2. The second-order valence-electron chi connectivity index (χ2n) is 10.3. The molecular weight excluding hydrogens is 462 g/mol. The Balaban J connectivity index is 1.99. The van der Waals surface area contributed by atoms with E-state index in [9.17, 15) is 9.59 Å². The Labute approximate surface area is 222 Å². The van der Waals surface area contributed by atoms with Crippen molar-refractivity contribution in [1.82, 2.24) is 20.4 Å². The van der Waals surface area contributed by atoms with Crippen molar-refractivity contribution in [2.45, 2.75) is 79.7 Å². The molecule has 1 aromatic carbocycles. The molecule has 1 saturated carbocycles. The number of aromatic nitrogens is 2. The largest absolute Gasteiger partial charge is 0.369 e. The fourth-order valence-electron chi connectivity index (χ4n) is 5.32. The highest BCUT2D eigenvalue weighted by molar-refractivity contribution is 5.99. The molecule has 2 amide bonds. The quantitative estimate of drug-likeness (QED) is 0.326. The van der Waals surface area contributed by atoms with Gasteiger partial charge >= 0.3 is 0 Å². The molecule has 0 atom stereocenters. The second-order valence-corrected chi connectivity index (χ2v) is 10.3. The number of benzene rings is 1. The van der Waals surface area contributed by atoms with Crippen molar-refractivity contribution in [3.63, 3.8) is 0 Å². The Morgan fingerprint density at radius 3 is 2.46 bits per heavy atom. The van der Waals surface area contributed by atoms with Crippen LogP contribution in [0.1, 0.15) is 81.4 Å². The highest BCUT2D eigenvalue weighted by Gasteiger charge is 2.25. The van der Waals surface area contributed by atoms with E-state index in [1.165, 1.54) is 32.1 Å². The van der Waals surface area contributed by atoms with Crippen LogP contribution in [0.5, 0.6) is 0 Å². The van der Waals surface area contributed by atoms with E-state index in [4.69, 9.17) is 0 Å². The van der Waals surface area contributed by atoms with E-state index in [1.54, 1.807) is 0 Å². The maximum absolute atomic E-state index is 13.6. The van der Waals surface area contributed by atoms with E-state index in [0.717, 1.165) is 51.5 Å². The second kappa shape index (κ2) is 12.7. The van der Waals surface area contributed by atoms with E-state index >= 15 is 0 Å². The van der Waals surface area contributed by atoms with Crippen LogP contribution < -0.4 is 15.5 Å². The van der Waals surface area contributed by atoms with Gasteiger partial charge in [-0.05, 0) is 89.3 Å². The van der Waals surface area contributed by atoms with Gasteiger partial charge in [0.1, 0.15) is 0 Å². The monoisotopic (exact) mass is 505 g/mol. The van der Waals surface area contributed by atoms with Gasteiger partial charge in [0.25, 0.3) is 5.91 Å². The van der Waals surface area contributed by atoms with Gasteiger partial charge in [0.05, 0.1) is 5.69 Å². The van der Waals surface area contributed by atoms with Gasteiger partial charge in [0, 0.05) is 54.9 Å². The van der Waals surface area contributed by atoms with Crippen LogP contribution in [0.15, 0.2) is 41.2 Å². The summed E-state index contributed by atoms with van der Waals surface area (Å²) in [7, 11) is 1.93. The third-order valence-corrected chi connectivity index (χ3v) is 7.52. The van der Waals surface area contributed by atoms with E-state index in [-0.39, 0.29) is 5.91 Å². The van der Waals surface area contributed by atoms with Crippen LogP contribution >= 0.6 is 0 Å². The third-order valence-electron chi connectivity index (χ3n) is 7.52. The number of anilines is 1. The molecule has 0 bridgehead atoms. The first-order chi connectivity index (χ1) is 17.7. The highest BCUT2D eigenvalue weighted by atomic mass is 16.1. The van der Waals surface area contributed by atoms with E-state index < -0.39 is 0 Å². The van der Waals surface area contributed by atoms with E-state index in [1.807, 2.05) is 57.8 Å². The lowest BCUT2D eigenvalue weighted by atomic mass is 9.91. The normalized spacial score (nSPS) is 15.3. The molecule has 3 rings (SSSR count). The molecule has 0 unspecified atom stereocenters. The van der Waals surface area contributed by atoms with Gasteiger partial charge in [-0.3, -0.25) is 14.3 Å². The summed E-state index contributed by atoms with van der Waals surface area (Å²) in [4.78, 5) is 26.8. The zero-order valence-corrected chi connectivity index (χ0v) is 23.6. The predicted molar refractivity (Wildman–Crippen MR) is 152 cm³/mol. The van der Waals surface area contributed by atoms with Crippen LogP contribution in [0.25, 0.3) is 11.1 Å².